The molecule has 0 amide bonds. The number of methoxy groups -OCH3 is 1. The van der Waals surface area contributed by atoms with Crippen LogP contribution in [0.3, 0.4) is 0 Å². The molecule has 1 aliphatic heterocycles. The maximum atomic E-state index is 9.71. The second-order valence-electron chi connectivity index (χ2n) is 8.22. The summed E-state index contributed by atoms with van der Waals surface area (Å²) in [4.78, 5) is 0. The Balaban J connectivity index is 1.50. The molecule has 146 valence electrons. The quantitative estimate of drug-likeness (QED) is 0.809. The number of benzene rings is 1. The maximum absolute atomic E-state index is 9.71. The van der Waals surface area contributed by atoms with E-state index in [4.69, 9.17) is 18.9 Å². The molecule has 4 unspecified atom stereocenters. The zero-order valence-corrected chi connectivity index (χ0v) is 16.4. The average molecular weight is 364 g/mol. The van der Waals surface area contributed by atoms with Gasteiger partial charge in [-0.1, -0.05) is 33.3 Å². The number of hydrogen-bond acceptors (Lipinski definition) is 5. The molecule has 0 aromatic heterocycles. The van der Waals surface area contributed by atoms with Crippen LogP contribution in [0.25, 0.3) is 0 Å². The monoisotopic (exact) mass is 364 g/mol. The first kappa shape index (κ1) is 19.5. The van der Waals surface area contributed by atoms with Crippen LogP contribution in [-0.2, 0) is 14.2 Å². The molecule has 0 bridgehead atoms. The van der Waals surface area contributed by atoms with Crippen LogP contribution in [0.5, 0.6) is 11.5 Å². The minimum atomic E-state index is -0.439. The fourth-order valence-corrected chi connectivity index (χ4v) is 3.92. The van der Waals surface area contributed by atoms with Crippen molar-refractivity contribution in [3.63, 3.8) is 0 Å². The normalized spacial score (nSPS) is 32.1. The molecule has 1 aliphatic carbocycles. The first-order valence-electron chi connectivity index (χ1n) is 9.67. The van der Waals surface area contributed by atoms with Gasteiger partial charge in [-0.25, -0.2) is 0 Å². The summed E-state index contributed by atoms with van der Waals surface area (Å²) < 4.78 is 23.1. The lowest BCUT2D eigenvalue weighted by Gasteiger charge is -2.41. The molecule has 4 atom stereocenters. The first-order chi connectivity index (χ1) is 12.4. The van der Waals surface area contributed by atoms with Crippen LogP contribution in [0, 0.1) is 11.3 Å². The molecule has 5 heteroatoms. The number of phenolic OH excluding ortho intramolecular Hbond substituents is 1. The van der Waals surface area contributed by atoms with Crippen molar-refractivity contribution in [3.8, 4) is 11.5 Å². The largest absolute Gasteiger partial charge is 0.504 e. The number of ether oxygens (including phenoxy) is 4. The van der Waals surface area contributed by atoms with Gasteiger partial charge in [0.05, 0.1) is 26.4 Å². The molecule has 2 aliphatic rings. The van der Waals surface area contributed by atoms with E-state index >= 15 is 0 Å². The number of hydrogen-bond donors (Lipinski definition) is 1. The van der Waals surface area contributed by atoms with Gasteiger partial charge in [-0.2, -0.15) is 0 Å². The maximum Gasteiger partial charge on any atom is 0.184 e. The Morgan fingerprint density at radius 1 is 1.35 bits per heavy atom. The summed E-state index contributed by atoms with van der Waals surface area (Å²) in [5.41, 5.74) is 1.22. The van der Waals surface area contributed by atoms with Crippen molar-refractivity contribution in [1.29, 1.82) is 0 Å². The number of phenols is 1. The standard InChI is InChI=1S/C21H32O5/c1-14(2)21(3)9-5-6-16(11-21)24-12-17-13-25-20(26-17)15-7-8-18(22)19(10-15)23-4/h7-8,10,14,16-17,20,22H,5-6,9,11-13H2,1-4H3. The summed E-state index contributed by atoms with van der Waals surface area (Å²) in [6, 6.07) is 5.14. The molecule has 1 saturated heterocycles. The van der Waals surface area contributed by atoms with Gasteiger partial charge in [0, 0.05) is 5.56 Å². The Hall–Kier alpha value is -1.30. The topological polar surface area (TPSA) is 57.2 Å². The zero-order chi connectivity index (χ0) is 18.7. The van der Waals surface area contributed by atoms with Crippen molar-refractivity contribution < 1.29 is 24.1 Å². The molecule has 26 heavy (non-hydrogen) atoms. The smallest absolute Gasteiger partial charge is 0.184 e. The Morgan fingerprint density at radius 2 is 2.15 bits per heavy atom. The van der Waals surface area contributed by atoms with Crippen molar-refractivity contribution >= 4 is 0 Å². The Morgan fingerprint density at radius 3 is 2.88 bits per heavy atom. The van der Waals surface area contributed by atoms with Gasteiger partial charge in [-0.15, -0.1) is 0 Å². The zero-order valence-electron chi connectivity index (χ0n) is 16.4. The highest BCUT2D eigenvalue weighted by Crippen LogP contribution is 2.43. The second-order valence-corrected chi connectivity index (χ2v) is 8.22. The van der Waals surface area contributed by atoms with Crippen LogP contribution < -0.4 is 4.74 Å². The summed E-state index contributed by atoms with van der Waals surface area (Å²) in [5.74, 6) is 1.21. The van der Waals surface area contributed by atoms with E-state index in [2.05, 4.69) is 20.8 Å². The second kappa shape index (κ2) is 8.15. The molecule has 1 heterocycles. The Kier molecular flexibility index (Phi) is 6.10. The summed E-state index contributed by atoms with van der Waals surface area (Å²) >= 11 is 0. The van der Waals surface area contributed by atoms with Crippen LogP contribution in [0.4, 0.5) is 0 Å². The molecule has 0 spiro atoms. The van der Waals surface area contributed by atoms with E-state index in [1.807, 2.05) is 0 Å². The summed E-state index contributed by atoms with van der Waals surface area (Å²) in [7, 11) is 1.53. The third kappa shape index (κ3) is 4.33. The van der Waals surface area contributed by atoms with Gasteiger partial charge in [0.25, 0.3) is 0 Å². The van der Waals surface area contributed by atoms with E-state index in [1.54, 1.807) is 18.2 Å². The number of aromatic hydroxyl groups is 1. The van der Waals surface area contributed by atoms with Gasteiger partial charge in [0.15, 0.2) is 17.8 Å². The molecule has 2 fully saturated rings. The van der Waals surface area contributed by atoms with Crippen molar-refractivity contribution in [2.75, 3.05) is 20.3 Å². The van der Waals surface area contributed by atoms with Gasteiger partial charge in [0.2, 0.25) is 0 Å². The van der Waals surface area contributed by atoms with Crippen molar-refractivity contribution in [3.05, 3.63) is 23.8 Å². The van der Waals surface area contributed by atoms with Gasteiger partial charge in [-0.05, 0) is 42.7 Å². The fraction of sp³-hybridized carbons (Fsp3) is 0.714. The van der Waals surface area contributed by atoms with E-state index in [1.165, 1.54) is 20.0 Å². The molecule has 3 rings (SSSR count). The van der Waals surface area contributed by atoms with Crippen LogP contribution in [0.1, 0.15) is 58.3 Å². The van der Waals surface area contributed by atoms with E-state index in [0.717, 1.165) is 18.4 Å². The minimum Gasteiger partial charge on any atom is -0.504 e. The highest BCUT2D eigenvalue weighted by molar-refractivity contribution is 5.42. The van der Waals surface area contributed by atoms with Crippen molar-refractivity contribution in [1.82, 2.24) is 0 Å². The third-order valence-electron chi connectivity index (χ3n) is 6.11. The number of rotatable bonds is 6. The summed E-state index contributed by atoms with van der Waals surface area (Å²) in [5, 5.41) is 9.71. The first-order valence-corrected chi connectivity index (χ1v) is 9.67. The molecule has 5 nitrogen and oxygen atoms in total. The predicted molar refractivity (Wildman–Crippen MR) is 99.4 cm³/mol. The van der Waals surface area contributed by atoms with Crippen LogP contribution in [-0.4, -0.2) is 37.6 Å². The SMILES string of the molecule is COc1cc(C2OCC(COC3CCCC(C)(C(C)C)C3)O2)ccc1O. The van der Waals surface area contributed by atoms with E-state index in [0.29, 0.717) is 36.4 Å². The molecule has 1 saturated carbocycles. The van der Waals surface area contributed by atoms with Crippen LogP contribution >= 0.6 is 0 Å². The predicted octanol–water partition coefficient (Wildman–Crippen LogP) is 4.44. The lowest BCUT2D eigenvalue weighted by atomic mass is 9.67. The molecule has 1 aromatic carbocycles. The van der Waals surface area contributed by atoms with Gasteiger partial charge in [-0.3, -0.25) is 0 Å². The van der Waals surface area contributed by atoms with E-state index in [-0.39, 0.29) is 11.9 Å². The molecule has 1 N–H and O–H groups in total. The highest BCUT2D eigenvalue weighted by Gasteiger charge is 2.36. The van der Waals surface area contributed by atoms with Crippen LogP contribution in [0.2, 0.25) is 0 Å². The molecular formula is C21H32O5. The summed E-state index contributed by atoms with van der Waals surface area (Å²) in [6.07, 6.45) is 4.59. The highest BCUT2D eigenvalue weighted by atomic mass is 16.7. The lowest BCUT2D eigenvalue weighted by Crippen LogP contribution is -2.35. The Bertz CT molecular complexity index is 602. The third-order valence-corrected chi connectivity index (χ3v) is 6.11. The molecular weight excluding hydrogens is 332 g/mol. The van der Waals surface area contributed by atoms with Crippen LogP contribution in [0.15, 0.2) is 18.2 Å². The van der Waals surface area contributed by atoms with Gasteiger partial charge < -0.3 is 24.1 Å². The van der Waals surface area contributed by atoms with Crippen molar-refractivity contribution in [2.24, 2.45) is 11.3 Å². The summed E-state index contributed by atoms with van der Waals surface area (Å²) in [6.45, 7) is 8.09. The lowest BCUT2D eigenvalue weighted by molar-refractivity contribution is -0.0930. The fourth-order valence-electron chi connectivity index (χ4n) is 3.92. The van der Waals surface area contributed by atoms with Gasteiger partial charge >= 0.3 is 0 Å². The van der Waals surface area contributed by atoms with E-state index in [9.17, 15) is 5.11 Å². The Labute approximate surface area is 156 Å². The minimum absolute atomic E-state index is 0.0629. The molecule has 1 aromatic rings. The van der Waals surface area contributed by atoms with Crippen molar-refractivity contribution in [2.45, 2.75) is 65.0 Å². The van der Waals surface area contributed by atoms with Gasteiger partial charge in [0.1, 0.15) is 6.10 Å². The van der Waals surface area contributed by atoms with E-state index < -0.39 is 6.29 Å². The molecule has 0 radical (unpaired) electrons. The average Bonchev–Trinajstić information content (AvgIpc) is 3.09.